The van der Waals surface area contributed by atoms with Crippen LogP contribution in [-0.2, 0) is 4.74 Å². The van der Waals surface area contributed by atoms with Crippen molar-refractivity contribution < 1.29 is 19.1 Å². The van der Waals surface area contributed by atoms with E-state index < -0.39 is 5.97 Å². The van der Waals surface area contributed by atoms with Gasteiger partial charge < -0.3 is 14.3 Å². The van der Waals surface area contributed by atoms with E-state index in [0.717, 1.165) is 31.6 Å². The summed E-state index contributed by atoms with van der Waals surface area (Å²) in [5.41, 5.74) is 0. The van der Waals surface area contributed by atoms with E-state index >= 15 is 0 Å². The molecule has 1 saturated carbocycles. The molecule has 1 aliphatic carbocycles. The van der Waals surface area contributed by atoms with Crippen LogP contribution in [0.4, 0.5) is 0 Å². The van der Waals surface area contributed by atoms with Crippen LogP contribution >= 0.6 is 0 Å². The Bertz CT molecular complexity index is 456. The van der Waals surface area contributed by atoms with Crippen LogP contribution in [0.3, 0.4) is 0 Å². The highest BCUT2D eigenvalue weighted by atomic mass is 16.5. The van der Waals surface area contributed by atoms with Crippen LogP contribution in [-0.4, -0.2) is 42.8 Å². The van der Waals surface area contributed by atoms with Gasteiger partial charge >= 0.3 is 5.97 Å². The molecule has 0 radical (unpaired) electrons. The number of carbonyl (C=O) groups is 1. The Hall–Kier alpha value is -1.33. The second-order valence-corrected chi connectivity index (χ2v) is 5.57. The van der Waals surface area contributed by atoms with Crippen molar-refractivity contribution in [3.05, 3.63) is 23.7 Å². The molecule has 0 saturated heterocycles. The molecule has 0 spiro atoms. The maximum absolute atomic E-state index is 11.4. The summed E-state index contributed by atoms with van der Waals surface area (Å²) in [5.74, 6) is 0.832. The molecular formula is C15H23NO4. The van der Waals surface area contributed by atoms with Gasteiger partial charge in [-0.15, -0.1) is 0 Å². The molecule has 1 N–H and O–H groups in total. The number of aliphatic hydroxyl groups is 1. The van der Waals surface area contributed by atoms with Gasteiger partial charge in [0.25, 0.3) is 0 Å². The number of hydrogen-bond donors (Lipinski definition) is 1. The number of rotatable bonds is 5. The molecular weight excluding hydrogens is 258 g/mol. The van der Waals surface area contributed by atoms with Crippen molar-refractivity contribution >= 4 is 5.97 Å². The topological polar surface area (TPSA) is 62.9 Å². The Morgan fingerprint density at radius 3 is 2.90 bits per heavy atom. The second kappa shape index (κ2) is 6.41. The Balaban J connectivity index is 1.97. The summed E-state index contributed by atoms with van der Waals surface area (Å²) in [5, 5.41) is 9.89. The number of ether oxygens (including phenoxy) is 1. The van der Waals surface area contributed by atoms with Gasteiger partial charge in [0.05, 0.1) is 19.3 Å². The molecule has 0 bridgehead atoms. The van der Waals surface area contributed by atoms with E-state index in [1.165, 1.54) is 7.11 Å². The fraction of sp³-hybridized carbons (Fsp3) is 0.667. The average Bonchev–Trinajstić information content (AvgIpc) is 3.07. The van der Waals surface area contributed by atoms with Crippen LogP contribution < -0.4 is 0 Å². The second-order valence-electron chi connectivity index (χ2n) is 5.57. The summed E-state index contributed by atoms with van der Waals surface area (Å²) in [7, 11) is 3.34. The van der Waals surface area contributed by atoms with E-state index in [2.05, 4.69) is 9.64 Å². The highest BCUT2D eigenvalue weighted by Crippen LogP contribution is 2.29. The van der Waals surface area contributed by atoms with Crippen LogP contribution in [0.25, 0.3) is 0 Å². The molecule has 1 aromatic rings. The zero-order valence-corrected chi connectivity index (χ0v) is 12.3. The minimum atomic E-state index is -0.461. The van der Waals surface area contributed by atoms with Crippen molar-refractivity contribution in [2.75, 3.05) is 20.7 Å². The molecule has 5 heteroatoms. The smallest absolute Gasteiger partial charge is 0.373 e. The Kier molecular flexibility index (Phi) is 4.83. The largest absolute Gasteiger partial charge is 0.463 e. The zero-order chi connectivity index (χ0) is 14.7. The van der Waals surface area contributed by atoms with Gasteiger partial charge in [-0.2, -0.15) is 0 Å². The van der Waals surface area contributed by atoms with Gasteiger partial charge in [-0.25, -0.2) is 4.79 Å². The van der Waals surface area contributed by atoms with Gasteiger partial charge in [0.1, 0.15) is 5.76 Å². The molecule has 0 amide bonds. The molecule has 1 aromatic heterocycles. The molecule has 0 unspecified atom stereocenters. The molecule has 3 atom stereocenters. The number of esters is 1. The number of furan rings is 1. The van der Waals surface area contributed by atoms with Gasteiger partial charge in [0, 0.05) is 6.54 Å². The van der Waals surface area contributed by atoms with Gasteiger partial charge in [0.15, 0.2) is 0 Å². The summed E-state index contributed by atoms with van der Waals surface area (Å²) in [6.07, 6.45) is 2.89. The molecule has 2 rings (SSSR count). The lowest BCUT2D eigenvalue weighted by Gasteiger charge is -2.27. The molecule has 5 nitrogen and oxygen atoms in total. The quantitative estimate of drug-likeness (QED) is 0.838. The number of nitrogens with zero attached hydrogens (tertiary/aromatic N) is 1. The van der Waals surface area contributed by atoms with E-state index in [1.54, 1.807) is 12.1 Å². The maximum Gasteiger partial charge on any atom is 0.373 e. The van der Waals surface area contributed by atoms with Crippen LogP contribution in [0, 0.1) is 5.92 Å². The predicted octanol–water partition coefficient (Wildman–Crippen LogP) is 2.22. The maximum atomic E-state index is 11.4. The molecule has 1 fully saturated rings. The highest BCUT2D eigenvalue weighted by molar-refractivity contribution is 5.86. The first-order valence-corrected chi connectivity index (χ1v) is 7.09. The SMILES string of the molecule is COC(=O)c1ccc([C@H](C)N(C)C[C@@H]2CCC[C@H]2O)o1. The fourth-order valence-electron chi connectivity index (χ4n) is 2.76. The van der Waals surface area contributed by atoms with Gasteiger partial charge in [-0.1, -0.05) is 6.42 Å². The average molecular weight is 281 g/mol. The minimum Gasteiger partial charge on any atom is -0.463 e. The van der Waals surface area contributed by atoms with Crippen LogP contribution in [0.5, 0.6) is 0 Å². The summed E-state index contributed by atoms with van der Waals surface area (Å²) >= 11 is 0. The third-order valence-electron chi connectivity index (χ3n) is 4.23. The van der Waals surface area contributed by atoms with Crippen LogP contribution in [0.15, 0.2) is 16.5 Å². The van der Waals surface area contributed by atoms with Crippen molar-refractivity contribution in [3.8, 4) is 0 Å². The predicted molar refractivity (Wildman–Crippen MR) is 74.4 cm³/mol. The third kappa shape index (κ3) is 3.22. The first-order chi connectivity index (χ1) is 9.52. The molecule has 112 valence electrons. The van der Waals surface area contributed by atoms with E-state index in [9.17, 15) is 9.90 Å². The summed E-state index contributed by atoms with van der Waals surface area (Å²) < 4.78 is 10.2. The summed E-state index contributed by atoms with van der Waals surface area (Å²) in [6, 6.07) is 3.50. The lowest BCUT2D eigenvalue weighted by molar-refractivity contribution is 0.0557. The lowest BCUT2D eigenvalue weighted by Crippen LogP contribution is -2.31. The summed E-state index contributed by atoms with van der Waals surface area (Å²) in [4.78, 5) is 13.5. The van der Waals surface area contributed by atoms with E-state index in [4.69, 9.17) is 4.42 Å². The highest BCUT2D eigenvalue weighted by Gasteiger charge is 2.28. The Morgan fingerprint density at radius 2 is 2.30 bits per heavy atom. The lowest BCUT2D eigenvalue weighted by atomic mass is 10.0. The number of hydrogen-bond acceptors (Lipinski definition) is 5. The van der Waals surface area contributed by atoms with Gasteiger partial charge in [-0.05, 0) is 44.9 Å². The van der Waals surface area contributed by atoms with E-state index in [0.29, 0.717) is 5.92 Å². The number of carbonyl (C=O) groups excluding carboxylic acids is 1. The zero-order valence-electron chi connectivity index (χ0n) is 12.3. The minimum absolute atomic E-state index is 0.0567. The fourth-order valence-corrected chi connectivity index (χ4v) is 2.76. The van der Waals surface area contributed by atoms with Crippen LogP contribution in [0.2, 0.25) is 0 Å². The normalized spacial score (nSPS) is 24.1. The van der Waals surface area contributed by atoms with Crippen molar-refractivity contribution in [1.29, 1.82) is 0 Å². The molecule has 20 heavy (non-hydrogen) atoms. The first-order valence-electron chi connectivity index (χ1n) is 7.09. The van der Waals surface area contributed by atoms with Crippen molar-refractivity contribution in [1.82, 2.24) is 4.90 Å². The van der Waals surface area contributed by atoms with E-state index in [-0.39, 0.29) is 17.9 Å². The van der Waals surface area contributed by atoms with Crippen LogP contribution in [0.1, 0.15) is 48.5 Å². The summed E-state index contributed by atoms with van der Waals surface area (Å²) in [6.45, 7) is 2.86. The standard InChI is InChI=1S/C15H23NO4/c1-10(13-7-8-14(20-13)15(18)19-3)16(2)9-11-5-4-6-12(11)17/h7-8,10-12,17H,4-6,9H2,1-3H3/t10-,11-,12+/m0/s1. The molecule has 0 aromatic carbocycles. The van der Waals surface area contributed by atoms with Crippen molar-refractivity contribution in [2.45, 2.75) is 38.3 Å². The van der Waals surface area contributed by atoms with Gasteiger partial charge in [-0.3, -0.25) is 4.90 Å². The third-order valence-corrected chi connectivity index (χ3v) is 4.23. The Labute approximate surface area is 119 Å². The molecule has 1 aliphatic rings. The Morgan fingerprint density at radius 1 is 1.55 bits per heavy atom. The van der Waals surface area contributed by atoms with E-state index in [1.807, 2.05) is 14.0 Å². The molecule has 0 aliphatic heterocycles. The number of methoxy groups -OCH3 is 1. The van der Waals surface area contributed by atoms with Gasteiger partial charge in [0.2, 0.25) is 5.76 Å². The molecule has 1 heterocycles. The van der Waals surface area contributed by atoms with Crippen molar-refractivity contribution in [3.63, 3.8) is 0 Å². The monoisotopic (exact) mass is 281 g/mol. The van der Waals surface area contributed by atoms with Crippen molar-refractivity contribution in [2.24, 2.45) is 5.92 Å². The number of aliphatic hydroxyl groups excluding tert-OH is 1. The first kappa shape index (κ1) is 15.1.